The van der Waals surface area contributed by atoms with Crippen molar-refractivity contribution in [1.29, 1.82) is 0 Å². The number of benzene rings is 1. The number of hydrogen-bond donors (Lipinski definition) is 1. The van der Waals surface area contributed by atoms with Crippen LogP contribution < -0.4 is 5.32 Å². The van der Waals surface area contributed by atoms with Gasteiger partial charge in [-0.05, 0) is 50.8 Å². The SMILES string of the molecule is CC(C)(C)OC(=O)NC1Cc2cccc(Br)c2C1. The molecule has 0 fully saturated rings. The van der Waals surface area contributed by atoms with Gasteiger partial charge in [0.15, 0.2) is 0 Å². The van der Waals surface area contributed by atoms with Crippen LogP contribution in [0.15, 0.2) is 22.7 Å². The summed E-state index contributed by atoms with van der Waals surface area (Å²) in [6, 6.07) is 6.30. The van der Waals surface area contributed by atoms with Gasteiger partial charge in [-0.1, -0.05) is 28.1 Å². The van der Waals surface area contributed by atoms with Crippen LogP contribution in [0.1, 0.15) is 31.9 Å². The van der Waals surface area contributed by atoms with E-state index in [0.29, 0.717) is 0 Å². The molecule has 0 radical (unpaired) electrons. The van der Waals surface area contributed by atoms with E-state index >= 15 is 0 Å². The van der Waals surface area contributed by atoms with E-state index in [0.717, 1.165) is 17.3 Å². The molecule has 1 aromatic carbocycles. The number of ether oxygens (including phenoxy) is 1. The molecule has 18 heavy (non-hydrogen) atoms. The largest absolute Gasteiger partial charge is 0.444 e. The molecule has 2 rings (SSSR count). The minimum Gasteiger partial charge on any atom is -0.444 e. The zero-order chi connectivity index (χ0) is 13.3. The summed E-state index contributed by atoms with van der Waals surface area (Å²) in [6.07, 6.45) is 1.39. The minimum atomic E-state index is -0.448. The first kappa shape index (κ1) is 13.4. The highest BCUT2D eigenvalue weighted by molar-refractivity contribution is 9.10. The highest BCUT2D eigenvalue weighted by Gasteiger charge is 2.26. The summed E-state index contributed by atoms with van der Waals surface area (Å²) in [5.74, 6) is 0. The van der Waals surface area contributed by atoms with Gasteiger partial charge in [0.05, 0.1) is 0 Å². The van der Waals surface area contributed by atoms with E-state index in [9.17, 15) is 4.79 Å². The standard InChI is InChI=1S/C14H18BrNO2/c1-14(2,3)18-13(17)16-10-7-9-5-4-6-12(15)11(9)8-10/h4-6,10H,7-8H2,1-3H3,(H,16,17). The fourth-order valence-electron chi connectivity index (χ4n) is 2.18. The van der Waals surface area contributed by atoms with Crippen LogP contribution >= 0.6 is 15.9 Å². The monoisotopic (exact) mass is 311 g/mol. The van der Waals surface area contributed by atoms with Crippen LogP contribution in [0.2, 0.25) is 0 Å². The molecule has 1 atom stereocenters. The van der Waals surface area contributed by atoms with Gasteiger partial charge < -0.3 is 10.1 Å². The second kappa shape index (κ2) is 4.92. The number of carbonyl (C=O) groups is 1. The molecule has 1 aliphatic carbocycles. The van der Waals surface area contributed by atoms with Crippen molar-refractivity contribution in [2.75, 3.05) is 0 Å². The Morgan fingerprint density at radius 2 is 2.11 bits per heavy atom. The van der Waals surface area contributed by atoms with Gasteiger partial charge >= 0.3 is 6.09 Å². The maximum Gasteiger partial charge on any atom is 0.407 e. The molecule has 98 valence electrons. The van der Waals surface area contributed by atoms with Gasteiger partial charge in [-0.3, -0.25) is 0 Å². The Labute approximate surface area is 116 Å². The second-order valence-corrected chi connectivity index (χ2v) is 6.48. The molecule has 0 spiro atoms. The number of hydrogen-bond acceptors (Lipinski definition) is 2. The van der Waals surface area contributed by atoms with Gasteiger partial charge in [-0.15, -0.1) is 0 Å². The van der Waals surface area contributed by atoms with E-state index in [1.165, 1.54) is 11.1 Å². The second-order valence-electron chi connectivity index (χ2n) is 5.63. The van der Waals surface area contributed by atoms with Crippen LogP contribution in [0.4, 0.5) is 4.79 Å². The van der Waals surface area contributed by atoms with E-state index in [-0.39, 0.29) is 12.1 Å². The zero-order valence-electron chi connectivity index (χ0n) is 10.9. The lowest BCUT2D eigenvalue weighted by molar-refractivity contribution is 0.0506. The average Bonchev–Trinajstić information content (AvgIpc) is 2.58. The summed E-state index contributed by atoms with van der Waals surface area (Å²) in [4.78, 5) is 11.7. The summed E-state index contributed by atoms with van der Waals surface area (Å²) in [6.45, 7) is 5.60. The van der Waals surface area contributed by atoms with Crippen molar-refractivity contribution in [2.24, 2.45) is 0 Å². The van der Waals surface area contributed by atoms with E-state index in [2.05, 4.69) is 27.3 Å². The zero-order valence-corrected chi connectivity index (χ0v) is 12.5. The Morgan fingerprint density at radius 1 is 1.39 bits per heavy atom. The number of carbonyl (C=O) groups excluding carboxylic acids is 1. The molecule has 1 aromatic rings. The third-order valence-corrected chi connectivity index (χ3v) is 3.60. The van der Waals surface area contributed by atoms with Crippen molar-refractivity contribution in [2.45, 2.75) is 45.3 Å². The fourth-order valence-corrected chi connectivity index (χ4v) is 2.75. The third kappa shape index (κ3) is 3.25. The van der Waals surface area contributed by atoms with Crippen molar-refractivity contribution >= 4 is 22.0 Å². The summed E-state index contributed by atoms with van der Waals surface area (Å²) < 4.78 is 6.39. The van der Waals surface area contributed by atoms with Gasteiger partial charge in [-0.2, -0.15) is 0 Å². The molecular formula is C14H18BrNO2. The van der Waals surface area contributed by atoms with E-state index in [1.54, 1.807) is 0 Å². The third-order valence-electron chi connectivity index (χ3n) is 2.85. The first-order chi connectivity index (χ1) is 8.35. The molecule has 4 heteroatoms. The average molecular weight is 312 g/mol. The van der Waals surface area contributed by atoms with Gasteiger partial charge in [0.2, 0.25) is 0 Å². The van der Waals surface area contributed by atoms with Crippen molar-refractivity contribution in [3.63, 3.8) is 0 Å². The van der Waals surface area contributed by atoms with E-state index < -0.39 is 5.60 Å². The van der Waals surface area contributed by atoms with Gasteiger partial charge in [-0.25, -0.2) is 4.79 Å². The van der Waals surface area contributed by atoms with Crippen LogP contribution in [-0.4, -0.2) is 17.7 Å². The molecule has 0 bridgehead atoms. The molecule has 0 heterocycles. The lowest BCUT2D eigenvalue weighted by Gasteiger charge is -2.21. The predicted octanol–water partition coefficient (Wildman–Crippen LogP) is 3.44. The lowest BCUT2D eigenvalue weighted by Crippen LogP contribution is -2.39. The summed E-state index contributed by atoms with van der Waals surface area (Å²) in [5.41, 5.74) is 2.14. The molecule has 0 aliphatic heterocycles. The first-order valence-electron chi connectivity index (χ1n) is 6.11. The smallest absolute Gasteiger partial charge is 0.407 e. The number of rotatable bonds is 1. The quantitative estimate of drug-likeness (QED) is 0.862. The lowest BCUT2D eigenvalue weighted by atomic mass is 10.1. The molecule has 3 nitrogen and oxygen atoms in total. The molecular weight excluding hydrogens is 294 g/mol. The summed E-state index contributed by atoms with van der Waals surface area (Å²) in [5, 5.41) is 2.93. The predicted molar refractivity (Wildman–Crippen MR) is 74.7 cm³/mol. The molecule has 0 saturated heterocycles. The Balaban J connectivity index is 1.96. The van der Waals surface area contributed by atoms with Gasteiger partial charge in [0.25, 0.3) is 0 Å². The van der Waals surface area contributed by atoms with Gasteiger partial charge in [0.1, 0.15) is 5.60 Å². The molecule has 1 N–H and O–H groups in total. The molecule has 0 aromatic heterocycles. The van der Waals surface area contributed by atoms with Gasteiger partial charge in [0, 0.05) is 10.5 Å². The highest BCUT2D eigenvalue weighted by Crippen LogP contribution is 2.29. The van der Waals surface area contributed by atoms with E-state index in [1.807, 2.05) is 32.9 Å². The fraction of sp³-hybridized carbons (Fsp3) is 0.500. The molecule has 1 unspecified atom stereocenters. The Kier molecular flexibility index (Phi) is 3.66. The first-order valence-corrected chi connectivity index (χ1v) is 6.90. The Bertz CT molecular complexity index is 465. The van der Waals surface area contributed by atoms with Crippen molar-refractivity contribution in [1.82, 2.24) is 5.32 Å². The number of halogens is 1. The van der Waals surface area contributed by atoms with Crippen molar-refractivity contribution in [3.8, 4) is 0 Å². The number of amides is 1. The number of fused-ring (bicyclic) bond motifs is 1. The maximum atomic E-state index is 11.7. The van der Waals surface area contributed by atoms with Crippen molar-refractivity contribution < 1.29 is 9.53 Å². The summed E-state index contributed by atoms with van der Waals surface area (Å²) in [7, 11) is 0. The number of nitrogens with one attached hydrogen (secondary N) is 1. The Morgan fingerprint density at radius 3 is 2.72 bits per heavy atom. The number of alkyl carbamates (subject to hydrolysis) is 1. The van der Waals surface area contributed by atoms with E-state index in [4.69, 9.17) is 4.74 Å². The topological polar surface area (TPSA) is 38.3 Å². The molecule has 1 amide bonds. The maximum absolute atomic E-state index is 11.7. The van der Waals surface area contributed by atoms with Crippen LogP contribution in [0.5, 0.6) is 0 Å². The van der Waals surface area contributed by atoms with Crippen LogP contribution in [0, 0.1) is 0 Å². The normalized spacial score (nSPS) is 18.3. The van der Waals surface area contributed by atoms with Crippen LogP contribution in [-0.2, 0) is 17.6 Å². The summed E-state index contributed by atoms with van der Waals surface area (Å²) >= 11 is 3.55. The van der Waals surface area contributed by atoms with Crippen LogP contribution in [0.25, 0.3) is 0 Å². The Hall–Kier alpha value is -1.03. The highest BCUT2D eigenvalue weighted by atomic mass is 79.9. The van der Waals surface area contributed by atoms with Crippen molar-refractivity contribution in [3.05, 3.63) is 33.8 Å². The van der Waals surface area contributed by atoms with Crippen LogP contribution in [0.3, 0.4) is 0 Å². The molecule has 1 aliphatic rings. The minimum absolute atomic E-state index is 0.133. The molecule has 0 saturated carbocycles.